The van der Waals surface area contributed by atoms with Crippen LogP contribution in [0.1, 0.15) is 46.7 Å². The second-order valence-electron chi connectivity index (χ2n) is 9.74. The van der Waals surface area contributed by atoms with Gasteiger partial charge in [0.15, 0.2) is 5.82 Å². The van der Waals surface area contributed by atoms with Crippen LogP contribution in [0, 0.1) is 11.6 Å². The van der Waals surface area contributed by atoms with Gasteiger partial charge in [-0.05, 0) is 55.8 Å². The molecule has 206 valence electrons. The summed E-state index contributed by atoms with van der Waals surface area (Å²) in [5.41, 5.74) is 2.47. The van der Waals surface area contributed by atoms with Gasteiger partial charge in [-0.15, -0.1) is 0 Å². The standard InChI is InChI=1S/C31H29F2N3O4/c1-18(2)40-21-11-8-19(9-12-21)14-25-29-26(35-30(34-25)28-23(32)6-5-7-24(28)33)17-36(31(29)37)16-20-10-13-22(38-3)15-27(20)39-4/h5-13,15,18H,14,16-17H2,1-4H3. The average molecular weight is 546 g/mol. The third kappa shape index (κ3) is 5.45. The predicted molar refractivity (Wildman–Crippen MR) is 146 cm³/mol. The van der Waals surface area contributed by atoms with Gasteiger partial charge in [0, 0.05) is 18.1 Å². The van der Waals surface area contributed by atoms with Crippen molar-refractivity contribution in [3.63, 3.8) is 0 Å². The van der Waals surface area contributed by atoms with E-state index >= 15 is 0 Å². The van der Waals surface area contributed by atoms with Gasteiger partial charge in [-0.3, -0.25) is 4.79 Å². The number of amides is 1. The monoisotopic (exact) mass is 545 g/mol. The maximum Gasteiger partial charge on any atom is 0.258 e. The number of halogens is 2. The topological polar surface area (TPSA) is 73.8 Å². The Labute approximate surface area is 231 Å². The molecule has 1 aliphatic heterocycles. The number of benzene rings is 3. The van der Waals surface area contributed by atoms with Crippen molar-refractivity contribution >= 4 is 5.91 Å². The summed E-state index contributed by atoms with van der Waals surface area (Å²) in [6, 6.07) is 16.5. The summed E-state index contributed by atoms with van der Waals surface area (Å²) in [5, 5.41) is 0. The molecule has 1 aromatic heterocycles. The third-order valence-electron chi connectivity index (χ3n) is 6.61. The Kier molecular flexibility index (Phi) is 7.64. The Hall–Kier alpha value is -4.53. The van der Waals surface area contributed by atoms with E-state index in [0.717, 1.165) is 29.0 Å². The van der Waals surface area contributed by atoms with E-state index in [-0.39, 0.29) is 42.9 Å². The highest BCUT2D eigenvalue weighted by Gasteiger charge is 2.34. The zero-order valence-corrected chi connectivity index (χ0v) is 22.7. The largest absolute Gasteiger partial charge is 0.497 e. The maximum atomic E-state index is 14.7. The van der Waals surface area contributed by atoms with Crippen LogP contribution in [-0.2, 0) is 19.5 Å². The molecule has 0 atom stereocenters. The number of rotatable bonds is 9. The maximum absolute atomic E-state index is 14.7. The first-order valence-electron chi connectivity index (χ1n) is 12.9. The fraction of sp³-hybridized carbons (Fsp3) is 0.258. The summed E-state index contributed by atoms with van der Waals surface area (Å²) in [4.78, 5) is 24.3. The molecular formula is C31H29F2N3O4. The van der Waals surface area contributed by atoms with Crippen LogP contribution in [-0.4, -0.2) is 41.1 Å². The lowest BCUT2D eigenvalue weighted by Gasteiger charge is -2.18. The van der Waals surface area contributed by atoms with Crippen molar-refractivity contribution < 1.29 is 27.8 Å². The molecule has 0 saturated carbocycles. The fourth-order valence-corrected chi connectivity index (χ4v) is 4.75. The third-order valence-corrected chi connectivity index (χ3v) is 6.61. The van der Waals surface area contributed by atoms with Crippen molar-refractivity contribution in [3.8, 4) is 28.6 Å². The van der Waals surface area contributed by atoms with E-state index in [9.17, 15) is 13.6 Å². The fourth-order valence-electron chi connectivity index (χ4n) is 4.75. The van der Waals surface area contributed by atoms with Gasteiger partial charge >= 0.3 is 0 Å². The Balaban J connectivity index is 1.53. The predicted octanol–water partition coefficient (Wildman–Crippen LogP) is 5.97. The molecule has 5 rings (SSSR count). The number of hydrogen-bond donors (Lipinski definition) is 0. The van der Waals surface area contributed by atoms with Crippen LogP contribution in [0.15, 0.2) is 60.7 Å². The van der Waals surface area contributed by atoms with Crippen LogP contribution in [0.25, 0.3) is 11.4 Å². The minimum atomic E-state index is -0.773. The number of carbonyl (C=O) groups excluding carboxylic acids is 1. The second-order valence-corrected chi connectivity index (χ2v) is 9.74. The molecule has 0 spiro atoms. The first kappa shape index (κ1) is 27.1. The van der Waals surface area contributed by atoms with Gasteiger partial charge in [0.05, 0.1) is 55.9 Å². The van der Waals surface area contributed by atoms with E-state index in [1.807, 2.05) is 44.2 Å². The number of fused-ring (bicyclic) bond motifs is 1. The number of methoxy groups -OCH3 is 2. The Bertz CT molecular complexity index is 1540. The molecule has 3 aromatic carbocycles. The number of carbonyl (C=O) groups is 1. The summed E-state index contributed by atoms with van der Waals surface area (Å²) in [6.07, 6.45) is 0.295. The van der Waals surface area contributed by atoms with E-state index in [1.165, 1.54) is 6.07 Å². The van der Waals surface area contributed by atoms with Crippen LogP contribution >= 0.6 is 0 Å². The zero-order valence-electron chi connectivity index (χ0n) is 22.7. The van der Waals surface area contributed by atoms with Crippen molar-refractivity contribution in [2.75, 3.05) is 14.2 Å². The van der Waals surface area contributed by atoms with Crippen LogP contribution in [0.3, 0.4) is 0 Å². The molecule has 2 heterocycles. The van der Waals surface area contributed by atoms with Crippen molar-refractivity contribution in [1.82, 2.24) is 14.9 Å². The zero-order chi connectivity index (χ0) is 28.4. The molecule has 9 heteroatoms. The van der Waals surface area contributed by atoms with Gasteiger partial charge in [-0.1, -0.05) is 18.2 Å². The van der Waals surface area contributed by atoms with Crippen LogP contribution < -0.4 is 14.2 Å². The molecule has 7 nitrogen and oxygen atoms in total. The molecule has 0 radical (unpaired) electrons. The molecule has 1 amide bonds. The van der Waals surface area contributed by atoms with Gasteiger partial charge in [0.25, 0.3) is 5.91 Å². The number of nitrogens with zero attached hydrogens (tertiary/aromatic N) is 3. The van der Waals surface area contributed by atoms with E-state index in [1.54, 1.807) is 31.3 Å². The number of aromatic nitrogens is 2. The quantitative estimate of drug-likeness (QED) is 0.258. The average Bonchev–Trinajstić information content (AvgIpc) is 3.24. The number of hydrogen-bond acceptors (Lipinski definition) is 6. The summed E-state index contributed by atoms with van der Waals surface area (Å²) in [6.45, 7) is 4.29. The molecule has 0 fully saturated rings. The second kappa shape index (κ2) is 11.3. The summed E-state index contributed by atoms with van der Waals surface area (Å²) in [7, 11) is 3.12. The van der Waals surface area contributed by atoms with Crippen molar-refractivity contribution in [1.29, 1.82) is 0 Å². The summed E-state index contributed by atoms with van der Waals surface area (Å²) < 4.78 is 46.0. The molecule has 4 aromatic rings. The molecule has 0 saturated heterocycles. The highest BCUT2D eigenvalue weighted by atomic mass is 19.1. The Morgan fingerprint density at radius 1 is 0.900 bits per heavy atom. The van der Waals surface area contributed by atoms with Gasteiger partial charge in [0.1, 0.15) is 28.9 Å². The molecule has 0 bridgehead atoms. The lowest BCUT2D eigenvalue weighted by molar-refractivity contribution is 0.0764. The minimum absolute atomic E-state index is 0.0298. The highest BCUT2D eigenvalue weighted by Crippen LogP contribution is 2.33. The number of ether oxygens (including phenoxy) is 3. The van der Waals surface area contributed by atoms with E-state index < -0.39 is 11.6 Å². The van der Waals surface area contributed by atoms with Crippen LogP contribution in [0.4, 0.5) is 8.78 Å². The van der Waals surface area contributed by atoms with Crippen LogP contribution in [0.2, 0.25) is 0 Å². The molecular weight excluding hydrogens is 516 g/mol. The normalized spacial score (nSPS) is 12.6. The highest BCUT2D eigenvalue weighted by molar-refractivity contribution is 5.99. The molecule has 1 aliphatic rings. The van der Waals surface area contributed by atoms with Crippen molar-refractivity contribution in [3.05, 3.63) is 100 Å². The van der Waals surface area contributed by atoms with Gasteiger partial charge in [-0.25, -0.2) is 18.7 Å². The van der Waals surface area contributed by atoms with Crippen molar-refractivity contribution in [2.45, 2.75) is 39.5 Å². The first-order valence-corrected chi connectivity index (χ1v) is 12.9. The summed E-state index contributed by atoms with van der Waals surface area (Å²) in [5.74, 6) is 0.0225. The van der Waals surface area contributed by atoms with E-state index in [4.69, 9.17) is 14.2 Å². The molecule has 0 unspecified atom stereocenters. The lowest BCUT2D eigenvalue weighted by atomic mass is 10.0. The molecule has 0 aliphatic carbocycles. The van der Waals surface area contributed by atoms with Crippen molar-refractivity contribution in [2.24, 2.45) is 0 Å². The smallest absolute Gasteiger partial charge is 0.258 e. The van der Waals surface area contributed by atoms with Gasteiger partial charge in [-0.2, -0.15) is 0 Å². The summed E-state index contributed by atoms with van der Waals surface area (Å²) >= 11 is 0. The molecule has 40 heavy (non-hydrogen) atoms. The van der Waals surface area contributed by atoms with Gasteiger partial charge in [0.2, 0.25) is 0 Å². The van der Waals surface area contributed by atoms with E-state index in [2.05, 4.69) is 9.97 Å². The first-order chi connectivity index (χ1) is 19.3. The minimum Gasteiger partial charge on any atom is -0.497 e. The Morgan fingerprint density at radius 2 is 1.60 bits per heavy atom. The lowest BCUT2D eigenvalue weighted by Crippen LogP contribution is -2.24. The SMILES string of the molecule is COc1ccc(CN2Cc3nc(-c4c(F)cccc4F)nc(Cc4ccc(OC(C)C)cc4)c3C2=O)c(OC)c1. The van der Waals surface area contributed by atoms with E-state index in [0.29, 0.717) is 28.5 Å². The van der Waals surface area contributed by atoms with Crippen LogP contribution in [0.5, 0.6) is 17.2 Å². The Morgan fingerprint density at radius 3 is 2.25 bits per heavy atom. The van der Waals surface area contributed by atoms with Gasteiger partial charge < -0.3 is 19.1 Å². The molecule has 0 N–H and O–H groups in total.